The van der Waals surface area contributed by atoms with Crippen LogP contribution in [0.5, 0.6) is 0 Å². The van der Waals surface area contributed by atoms with Gasteiger partial charge < -0.3 is 10.6 Å². The van der Waals surface area contributed by atoms with Crippen LogP contribution < -0.4 is 5.73 Å². The van der Waals surface area contributed by atoms with E-state index < -0.39 is 5.91 Å². The van der Waals surface area contributed by atoms with Crippen molar-refractivity contribution in [3.05, 3.63) is 78.0 Å². The van der Waals surface area contributed by atoms with E-state index in [1.807, 2.05) is 23.1 Å². The van der Waals surface area contributed by atoms with Crippen LogP contribution in [0.4, 0.5) is 0 Å². The van der Waals surface area contributed by atoms with Crippen molar-refractivity contribution in [2.45, 2.75) is 25.2 Å². The molecular weight excluding hydrogens is 378 g/mol. The predicted molar refractivity (Wildman–Crippen MR) is 112 cm³/mol. The molecule has 4 rings (SSSR count). The van der Waals surface area contributed by atoms with Crippen LogP contribution in [0.25, 0.3) is 11.3 Å². The van der Waals surface area contributed by atoms with E-state index in [1.165, 1.54) is 0 Å². The highest BCUT2D eigenvalue weighted by Gasteiger charge is 2.28. The third kappa shape index (κ3) is 4.35. The third-order valence-electron chi connectivity index (χ3n) is 5.41. The predicted octanol–water partition coefficient (Wildman–Crippen LogP) is 2.59. The molecule has 3 aromatic rings. The molecule has 1 aliphatic heterocycles. The SMILES string of the molecule is NC(=O)c1cccc(-c2nccnc2[C@H]2CCCN(C(=O)Cc3ccncc3)C2)c1. The Hall–Kier alpha value is -3.61. The molecule has 7 nitrogen and oxygen atoms in total. The highest BCUT2D eigenvalue weighted by atomic mass is 16.2. The van der Waals surface area contributed by atoms with Gasteiger partial charge in [-0.15, -0.1) is 0 Å². The second-order valence-electron chi connectivity index (χ2n) is 7.45. The molecule has 0 spiro atoms. The Morgan fingerprint density at radius 2 is 1.87 bits per heavy atom. The van der Waals surface area contributed by atoms with E-state index in [0.717, 1.165) is 41.9 Å². The zero-order valence-electron chi connectivity index (χ0n) is 16.6. The minimum absolute atomic E-state index is 0.0843. The largest absolute Gasteiger partial charge is 0.366 e. The number of amides is 2. The number of primary amides is 1. The molecule has 1 aromatic carbocycles. The second-order valence-corrected chi connectivity index (χ2v) is 7.45. The van der Waals surface area contributed by atoms with Crippen molar-refractivity contribution in [1.82, 2.24) is 19.9 Å². The molecule has 30 heavy (non-hydrogen) atoms. The number of benzene rings is 1. The van der Waals surface area contributed by atoms with Gasteiger partial charge in [-0.25, -0.2) is 0 Å². The van der Waals surface area contributed by atoms with Gasteiger partial charge in [-0.05, 0) is 42.7 Å². The molecular formula is C23H23N5O2. The summed E-state index contributed by atoms with van der Waals surface area (Å²) in [6, 6.07) is 10.8. The Labute approximate surface area is 175 Å². The maximum atomic E-state index is 12.8. The van der Waals surface area contributed by atoms with Gasteiger partial charge in [0.15, 0.2) is 0 Å². The molecule has 2 N–H and O–H groups in total. The van der Waals surface area contributed by atoms with Crippen molar-refractivity contribution in [2.24, 2.45) is 5.73 Å². The number of carbonyl (C=O) groups excluding carboxylic acids is 2. The minimum Gasteiger partial charge on any atom is -0.366 e. The van der Waals surface area contributed by atoms with Crippen molar-refractivity contribution in [3.63, 3.8) is 0 Å². The molecule has 0 unspecified atom stereocenters. The Morgan fingerprint density at radius 3 is 2.67 bits per heavy atom. The van der Waals surface area contributed by atoms with E-state index in [-0.39, 0.29) is 11.8 Å². The monoisotopic (exact) mass is 401 g/mol. The summed E-state index contributed by atoms with van der Waals surface area (Å²) in [5.74, 6) is -0.291. The number of carbonyl (C=O) groups is 2. The summed E-state index contributed by atoms with van der Waals surface area (Å²) in [4.78, 5) is 39.5. The van der Waals surface area contributed by atoms with Gasteiger partial charge in [0.25, 0.3) is 0 Å². The Morgan fingerprint density at radius 1 is 1.07 bits per heavy atom. The lowest BCUT2D eigenvalue weighted by atomic mass is 9.91. The fourth-order valence-corrected chi connectivity index (χ4v) is 3.90. The zero-order valence-corrected chi connectivity index (χ0v) is 16.6. The van der Waals surface area contributed by atoms with Gasteiger partial charge in [-0.2, -0.15) is 0 Å². The Bertz CT molecular complexity index is 1050. The van der Waals surface area contributed by atoms with Crippen molar-refractivity contribution < 1.29 is 9.59 Å². The summed E-state index contributed by atoms with van der Waals surface area (Å²) in [6.07, 6.45) is 8.92. The van der Waals surface area contributed by atoms with Gasteiger partial charge in [0.05, 0.1) is 17.8 Å². The average molecular weight is 401 g/mol. The van der Waals surface area contributed by atoms with Crippen LogP contribution in [0.15, 0.2) is 61.2 Å². The number of aromatic nitrogens is 3. The molecule has 2 amide bonds. The summed E-state index contributed by atoms with van der Waals surface area (Å²) in [5.41, 5.74) is 9.20. The minimum atomic E-state index is -0.479. The average Bonchev–Trinajstić information content (AvgIpc) is 2.80. The lowest BCUT2D eigenvalue weighted by Crippen LogP contribution is -2.40. The van der Waals surface area contributed by atoms with E-state index in [2.05, 4.69) is 15.0 Å². The number of likely N-dealkylation sites (tertiary alicyclic amines) is 1. The first-order valence-corrected chi connectivity index (χ1v) is 9.99. The molecule has 3 heterocycles. The molecule has 1 aliphatic rings. The van der Waals surface area contributed by atoms with Crippen LogP contribution in [0.2, 0.25) is 0 Å². The molecule has 0 radical (unpaired) electrons. The van der Waals surface area contributed by atoms with Crippen LogP contribution in [-0.4, -0.2) is 44.8 Å². The summed E-state index contributed by atoms with van der Waals surface area (Å²) in [7, 11) is 0. The van der Waals surface area contributed by atoms with Crippen LogP contribution in [0.1, 0.15) is 40.4 Å². The Kier molecular flexibility index (Phi) is 5.79. The van der Waals surface area contributed by atoms with Gasteiger partial charge >= 0.3 is 0 Å². The fraction of sp³-hybridized carbons (Fsp3) is 0.261. The number of hydrogen-bond acceptors (Lipinski definition) is 5. The van der Waals surface area contributed by atoms with Crippen molar-refractivity contribution >= 4 is 11.8 Å². The first-order chi connectivity index (χ1) is 14.6. The standard InChI is InChI=1S/C23H23N5O2/c24-23(30)18-4-1-3-17(14-18)21-22(27-11-10-26-21)19-5-2-12-28(15-19)20(29)13-16-6-8-25-9-7-16/h1,3-4,6-11,14,19H,2,5,12-13,15H2,(H2,24,30)/t19-/m0/s1. The second kappa shape index (κ2) is 8.82. The number of rotatable bonds is 5. The maximum Gasteiger partial charge on any atom is 0.248 e. The van der Waals surface area contributed by atoms with E-state index in [9.17, 15) is 9.59 Å². The van der Waals surface area contributed by atoms with Crippen LogP contribution in [-0.2, 0) is 11.2 Å². The van der Waals surface area contributed by atoms with Crippen LogP contribution in [0, 0.1) is 0 Å². The molecule has 0 aliphatic carbocycles. The molecule has 0 bridgehead atoms. The zero-order chi connectivity index (χ0) is 20.9. The quantitative estimate of drug-likeness (QED) is 0.708. The van der Waals surface area contributed by atoms with E-state index in [0.29, 0.717) is 18.5 Å². The highest BCUT2D eigenvalue weighted by molar-refractivity contribution is 5.94. The summed E-state index contributed by atoms with van der Waals surface area (Å²) in [6.45, 7) is 1.35. The molecule has 7 heteroatoms. The van der Waals surface area contributed by atoms with Gasteiger partial charge in [0.2, 0.25) is 11.8 Å². The van der Waals surface area contributed by atoms with Crippen LogP contribution in [0.3, 0.4) is 0 Å². The number of nitrogens with two attached hydrogens (primary N) is 1. The summed E-state index contributed by atoms with van der Waals surface area (Å²) < 4.78 is 0. The molecule has 152 valence electrons. The molecule has 2 aromatic heterocycles. The lowest BCUT2D eigenvalue weighted by molar-refractivity contribution is -0.131. The number of piperidine rings is 1. The van der Waals surface area contributed by atoms with E-state index >= 15 is 0 Å². The lowest BCUT2D eigenvalue weighted by Gasteiger charge is -2.33. The van der Waals surface area contributed by atoms with Crippen molar-refractivity contribution in [3.8, 4) is 11.3 Å². The number of hydrogen-bond donors (Lipinski definition) is 1. The summed E-state index contributed by atoms with van der Waals surface area (Å²) in [5, 5.41) is 0. The van der Waals surface area contributed by atoms with E-state index in [4.69, 9.17) is 5.73 Å². The van der Waals surface area contributed by atoms with Gasteiger partial charge in [-0.3, -0.25) is 24.5 Å². The molecule has 1 fully saturated rings. The van der Waals surface area contributed by atoms with Crippen molar-refractivity contribution in [2.75, 3.05) is 13.1 Å². The molecule has 0 saturated carbocycles. The Balaban J connectivity index is 1.56. The number of pyridine rings is 1. The summed E-state index contributed by atoms with van der Waals surface area (Å²) >= 11 is 0. The first-order valence-electron chi connectivity index (χ1n) is 9.99. The van der Waals surface area contributed by atoms with E-state index in [1.54, 1.807) is 43.0 Å². The fourth-order valence-electron chi connectivity index (χ4n) is 3.90. The van der Waals surface area contributed by atoms with Gasteiger partial charge in [0.1, 0.15) is 0 Å². The van der Waals surface area contributed by atoms with Crippen LogP contribution >= 0.6 is 0 Å². The topological polar surface area (TPSA) is 102 Å². The van der Waals surface area contributed by atoms with Gasteiger partial charge in [-0.1, -0.05) is 12.1 Å². The first kappa shape index (κ1) is 19.7. The maximum absolute atomic E-state index is 12.8. The number of nitrogens with zero attached hydrogens (tertiary/aromatic N) is 4. The molecule has 1 saturated heterocycles. The third-order valence-corrected chi connectivity index (χ3v) is 5.41. The highest BCUT2D eigenvalue weighted by Crippen LogP contribution is 2.32. The van der Waals surface area contributed by atoms with Crippen molar-refractivity contribution in [1.29, 1.82) is 0 Å². The smallest absolute Gasteiger partial charge is 0.248 e. The van der Waals surface area contributed by atoms with Gasteiger partial charge in [0, 0.05) is 54.9 Å². The molecule has 1 atom stereocenters. The normalized spacial score (nSPS) is 16.3.